The topological polar surface area (TPSA) is 15.8 Å². The van der Waals surface area contributed by atoms with Crippen LogP contribution in [0.2, 0.25) is 0 Å². The lowest BCUT2D eigenvalue weighted by molar-refractivity contribution is 0.877. The Morgan fingerprint density at radius 1 is 1.12 bits per heavy atom. The van der Waals surface area contributed by atoms with Crippen LogP contribution in [-0.2, 0) is 12.8 Å². The smallest absolute Gasteiger partial charge is 0.0461 e. The second-order valence-electron chi connectivity index (χ2n) is 4.23. The minimum atomic E-state index is 1.12. The summed E-state index contributed by atoms with van der Waals surface area (Å²) in [6.07, 6.45) is 3.49. The molecule has 0 aliphatic heterocycles. The van der Waals surface area contributed by atoms with Gasteiger partial charge in [-0.05, 0) is 37.0 Å². The fraction of sp³-hybridized carbons (Fsp3) is 0.500. The maximum atomic E-state index is 3.56. The number of aromatic nitrogens is 1. The molecular formula is C16H25N. The van der Waals surface area contributed by atoms with Crippen molar-refractivity contribution in [1.82, 2.24) is 4.98 Å². The number of H-pyrrole nitrogens is 1. The summed E-state index contributed by atoms with van der Waals surface area (Å²) in [5.41, 5.74) is 5.57. The van der Waals surface area contributed by atoms with Crippen LogP contribution in [0.25, 0.3) is 10.9 Å². The molecule has 0 spiro atoms. The zero-order chi connectivity index (χ0) is 12.8. The highest BCUT2D eigenvalue weighted by Gasteiger charge is 2.08. The van der Waals surface area contributed by atoms with Gasteiger partial charge in [-0.15, -0.1) is 0 Å². The van der Waals surface area contributed by atoms with E-state index in [1.54, 1.807) is 0 Å². The Hall–Kier alpha value is -1.24. The number of hydrogen-bond donors (Lipinski definition) is 1. The van der Waals surface area contributed by atoms with Gasteiger partial charge in [0.05, 0.1) is 0 Å². The largest absolute Gasteiger partial charge is 0.358 e. The van der Waals surface area contributed by atoms with Crippen molar-refractivity contribution in [3.8, 4) is 0 Å². The van der Waals surface area contributed by atoms with Crippen molar-refractivity contribution in [3.05, 3.63) is 35.0 Å². The molecular weight excluding hydrogens is 206 g/mol. The van der Waals surface area contributed by atoms with E-state index in [-0.39, 0.29) is 0 Å². The van der Waals surface area contributed by atoms with Crippen LogP contribution >= 0.6 is 0 Å². The Bertz CT molecular complexity index is 466. The van der Waals surface area contributed by atoms with Gasteiger partial charge in [0.25, 0.3) is 0 Å². The van der Waals surface area contributed by atoms with Crippen molar-refractivity contribution in [3.63, 3.8) is 0 Å². The predicted molar refractivity (Wildman–Crippen MR) is 77.8 cm³/mol. The number of benzene rings is 1. The standard InChI is InChI=1S/C14H19N.C2H6/c1-4-6-13-11(5-2)12-8-7-10(3)9-14(12)15-13;1-2/h7-9,15H,4-6H2,1-3H3;1-2H3. The van der Waals surface area contributed by atoms with Crippen molar-refractivity contribution in [1.29, 1.82) is 0 Å². The third kappa shape index (κ3) is 2.91. The molecule has 1 nitrogen and oxygen atoms in total. The number of hydrogen-bond acceptors (Lipinski definition) is 0. The molecule has 94 valence electrons. The Morgan fingerprint density at radius 2 is 1.82 bits per heavy atom. The van der Waals surface area contributed by atoms with Crippen LogP contribution in [0.1, 0.15) is 50.9 Å². The van der Waals surface area contributed by atoms with Crippen LogP contribution in [0.15, 0.2) is 18.2 Å². The normalized spacial score (nSPS) is 10.2. The molecule has 0 atom stereocenters. The highest BCUT2D eigenvalue weighted by Crippen LogP contribution is 2.24. The molecule has 0 fully saturated rings. The maximum absolute atomic E-state index is 3.56. The minimum absolute atomic E-state index is 1.12. The van der Waals surface area contributed by atoms with Gasteiger partial charge in [-0.1, -0.05) is 46.2 Å². The summed E-state index contributed by atoms with van der Waals surface area (Å²) in [5.74, 6) is 0. The van der Waals surface area contributed by atoms with Gasteiger partial charge in [-0.25, -0.2) is 0 Å². The van der Waals surface area contributed by atoms with Gasteiger partial charge in [-0.3, -0.25) is 0 Å². The summed E-state index contributed by atoms with van der Waals surface area (Å²) in [4.78, 5) is 3.56. The Morgan fingerprint density at radius 3 is 2.41 bits per heavy atom. The zero-order valence-electron chi connectivity index (χ0n) is 11.9. The van der Waals surface area contributed by atoms with E-state index in [0.29, 0.717) is 0 Å². The highest BCUT2D eigenvalue weighted by atomic mass is 14.7. The fourth-order valence-corrected chi connectivity index (χ4v) is 2.29. The minimum Gasteiger partial charge on any atom is -0.358 e. The molecule has 1 aromatic heterocycles. The number of nitrogens with one attached hydrogen (secondary N) is 1. The molecule has 0 bridgehead atoms. The molecule has 2 rings (SSSR count). The number of aryl methyl sites for hydroxylation is 3. The van der Waals surface area contributed by atoms with E-state index >= 15 is 0 Å². The van der Waals surface area contributed by atoms with E-state index in [2.05, 4.69) is 44.0 Å². The molecule has 0 amide bonds. The summed E-state index contributed by atoms with van der Waals surface area (Å²) < 4.78 is 0. The lowest BCUT2D eigenvalue weighted by Crippen LogP contribution is -1.88. The van der Waals surface area contributed by atoms with Gasteiger partial charge in [0.1, 0.15) is 0 Å². The van der Waals surface area contributed by atoms with E-state index < -0.39 is 0 Å². The molecule has 1 heteroatoms. The fourth-order valence-electron chi connectivity index (χ4n) is 2.29. The van der Waals surface area contributed by atoms with Crippen LogP contribution < -0.4 is 0 Å². The maximum Gasteiger partial charge on any atom is 0.0461 e. The Labute approximate surface area is 105 Å². The van der Waals surface area contributed by atoms with E-state index in [1.807, 2.05) is 13.8 Å². The third-order valence-corrected chi connectivity index (χ3v) is 3.00. The quantitative estimate of drug-likeness (QED) is 0.763. The van der Waals surface area contributed by atoms with Crippen LogP contribution in [0.4, 0.5) is 0 Å². The molecule has 0 aliphatic rings. The zero-order valence-corrected chi connectivity index (χ0v) is 11.9. The number of fused-ring (bicyclic) bond motifs is 1. The van der Waals surface area contributed by atoms with Gasteiger partial charge < -0.3 is 4.98 Å². The molecule has 0 unspecified atom stereocenters. The van der Waals surface area contributed by atoms with E-state index in [0.717, 1.165) is 12.8 Å². The first kappa shape index (κ1) is 13.8. The average molecular weight is 231 g/mol. The third-order valence-electron chi connectivity index (χ3n) is 3.00. The second kappa shape index (κ2) is 6.48. The van der Waals surface area contributed by atoms with Gasteiger partial charge >= 0.3 is 0 Å². The average Bonchev–Trinajstić information content (AvgIpc) is 2.68. The molecule has 1 heterocycles. The summed E-state index contributed by atoms with van der Waals surface area (Å²) in [5, 5.41) is 1.41. The van der Waals surface area contributed by atoms with Crippen LogP contribution in [0.3, 0.4) is 0 Å². The number of rotatable bonds is 3. The molecule has 0 saturated carbocycles. The molecule has 17 heavy (non-hydrogen) atoms. The Balaban J connectivity index is 0.000000686. The van der Waals surface area contributed by atoms with E-state index in [1.165, 1.54) is 34.1 Å². The van der Waals surface area contributed by atoms with Crippen molar-refractivity contribution in [2.75, 3.05) is 0 Å². The van der Waals surface area contributed by atoms with Gasteiger partial charge in [0.15, 0.2) is 0 Å². The monoisotopic (exact) mass is 231 g/mol. The van der Waals surface area contributed by atoms with Crippen molar-refractivity contribution >= 4 is 10.9 Å². The highest BCUT2D eigenvalue weighted by molar-refractivity contribution is 5.85. The summed E-state index contributed by atoms with van der Waals surface area (Å²) in [6, 6.07) is 6.69. The lowest BCUT2D eigenvalue weighted by Gasteiger charge is -1.99. The first-order chi connectivity index (χ1) is 8.26. The van der Waals surface area contributed by atoms with Gasteiger partial charge in [0, 0.05) is 16.6 Å². The second-order valence-corrected chi connectivity index (χ2v) is 4.23. The SMILES string of the molecule is CC.CCCc1[nH]c2cc(C)ccc2c1CC. The van der Waals surface area contributed by atoms with Crippen molar-refractivity contribution in [2.24, 2.45) is 0 Å². The first-order valence-electron chi connectivity index (χ1n) is 6.86. The predicted octanol–water partition coefficient (Wildman–Crippen LogP) is 5.02. The molecule has 0 saturated heterocycles. The van der Waals surface area contributed by atoms with E-state index in [9.17, 15) is 0 Å². The molecule has 1 N–H and O–H groups in total. The Kier molecular flexibility index (Phi) is 5.27. The molecule has 1 aromatic carbocycles. The van der Waals surface area contributed by atoms with Gasteiger partial charge in [-0.2, -0.15) is 0 Å². The number of aromatic amines is 1. The van der Waals surface area contributed by atoms with Crippen molar-refractivity contribution < 1.29 is 0 Å². The van der Waals surface area contributed by atoms with Crippen LogP contribution in [0, 0.1) is 6.92 Å². The first-order valence-corrected chi connectivity index (χ1v) is 6.86. The molecule has 2 aromatic rings. The van der Waals surface area contributed by atoms with E-state index in [4.69, 9.17) is 0 Å². The summed E-state index contributed by atoms with van der Waals surface area (Å²) in [7, 11) is 0. The molecule has 0 aliphatic carbocycles. The van der Waals surface area contributed by atoms with Gasteiger partial charge in [0.2, 0.25) is 0 Å². The van der Waals surface area contributed by atoms with Crippen LogP contribution in [0.5, 0.6) is 0 Å². The van der Waals surface area contributed by atoms with Crippen molar-refractivity contribution in [2.45, 2.75) is 53.9 Å². The lowest BCUT2D eigenvalue weighted by atomic mass is 10.1. The summed E-state index contributed by atoms with van der Waals surface area (Å²) in [6.45, 7) is 10.6. The molecule has 0 radical (unpaired) electrons. The summed E-state index contributed by atoms with van der Waals surface area (Å²) >= 11 is 0. The van der Waals surface area contributed by atoms with Crippen LogP contribution in [-0.4, -0.2) is 4.98 Å².